The van der Waals surface area contributed by atoms with Crippen LogP contribution in [0.25, 0.3) is 0 Å². The number of nitrogens with one attached hydrogen (secondary N) is 1. The molecule has 2 atom stereocenters. The number of fused-ring (bicyclic) bond motifs is 2. The Labute approximate surface area is 85.8 Å². The fourth-order valence-electron chi connectivity index (χ4n) is 3.50. The van der Waals surface area contributed by atoms with Gasteiger partial charge in [0, 0.05) is 6.92 Å². The molecule has 0 aromatic heterocycles. The molecular weight excluding hydrogens is 174 g/mol. The lowest BCUT2D eigenvalue weighted by Gasteiger charge is -2.39. The lowest BCUT2D eigenvalue weighted by atomic mass is 9.75. The first-order valence-electron chi connectivity index (χ1n) is 5.37. The molecule has 2 aliphatic carbocycles. The van der Waals surface area contributed by atoms with Gasteiger partial charge in [0.05, 0.1) is 5.54 Å². The smallest absolute Gasteiger partial charge is 0.217 e. The molecule has 2 heteroatoms. The van der Waals surface area contributed by atoms with E-state index in [1.54, 1.807) is 6.92 Å². The molecule has 0 radical (unpaired) electrons. The Balaban J connectivity index is 2.39. The van der Waals surface area contributed by atoms with E-state index in [2.05, 4.69) is 25.7 Å². The Bertz CT molecular complexity index is 305. The minimum Gasteiger partial charge on any atom is -0.347 e. The zero-order valence-corrected chi connectivity index (χ0v) is 9.31. The summed E-state index contributed by atoms with van der Waals surface area (Å²) >= 11 is 0. The molecule has 0 heterocycles. The first-order valence-corrected chi connectivity index (χ1v) is 5.37. The zero-order valence-electron chi connectivity index (χ0n) is 9.31. The maximum atomic E-state index is 11.3. The number of rotatable bonds is 1. The summed E-state index contributed by atoms with van der Waals surface area (Å²) in [5.74, 6) is 0.781. The molecule has 14 heavy (non-hydrogen) atoms. The average Bonchev–Trinajstić information content (AvgIpc) is 2.36. The van der Waals surface area contributed by atoms with Crippen molar-refractivity contribution in [2.75, 3.05) is 0 Å². The third-order valence-corrected chi connectivity index (χ3v) is 4.47. The Hall–Kier alpha value is -0.790. The predicted molar refractivity (Wildman–Crippen MR) is 56.8 cm³/mol. The van der Waals surface area contributed by atoms with Gasteiger partial charge >= 0.3 is 0 Å². The predicted octanol–water partition coefficient (Wildman–Crippen LogP) is 2.26. The molecule has 1 amide bonds. The second-order valence-electron chi connectivity index (χ2n) is 5.35. The number of hydrogen-bond donors (Lipinski definition) is 1. The van der Waals surface area contributed by atoms with Crippen LogP contribution in [0, 0.1) is 11.3 Å². The van der Waals surface area contributed by atoms with E-state index in [9.17, 15) is 4.79 Å². The van der Waals surface area contributed by atoms with Gasteiger partial charge in [-0.1, -0.05) is 26.0 Å². The van der Waals surface area contributed by atoms with Crippen LogP contribution in [-0.2, 0) is 4.79 Å². The molecule has 0 aliphatic heterocycles. The normalized spacial score (nSPS) is 38.8. The van der Waals surface area contributed by atoms with Crippen molar-refractivity contribution in [3.63, 3.8) is 0 Å². The Morgan fingerprint density at radius 2 is 2.21 bits per heavy atom. The van der Waals surface area contributed by atoms with Gasteiger partial charge in [-0.2, -0.15) is 0 Å². The lowest BCUT2D eigenvalue weighted by Crippen LogP contribution is -2.53. The summed E-state index contributed by atoms with van der Waals surface area (Å²) in [4.78, 5) is 11.3. The van der Waals surface area contributed by atoms with E-state index >= 15 is 0 Å². The molecular formula is C12H19NO. The number of amides is 1. The van der Waals surface area contributed by atoms with Crippen LogP contribution in [0.3, 0.4) is 0 Å². The van der Waals surface area contributed by atoms with E-state index in [0.717, 1.165) is 12.8 Å². The van der Waals surface area contributed by atoms with E-state index in [4.69, 9.17) is 0 Å². The van der Waals surface area contributed by atoms with Crippen LogP contribution >= 0.6 is 0 Å². The van der Waals surface area contributed by atoms with Crippen LogP contribution in [0.4, 0.5) is 0 Å². The third-order valence-electron chi connectivity index (χ3n) is 4.47. The highest BCUT2D eigenvalue weighted by molar-refractivity contribution is 5.75. The van der Waals surface area contributed by atoms with Gasteiger partial charge in [-0.3, -0.25) is 4.79 Å². The summed E-state index contributed by atoms with van der Waals surface area (Å²) in [5.41, 5.74) is 1.31. The van der Waals surface area contributed by atoms with Crippen molar-refractivity contribution in [2.24, 2.45) is 11.3 Å². The van der Waals surface area contributed by atoms with Crippen molar-refractivity contribution in [2.45, 2.75) is 45.6 Å². The van der Waals surface area contributed by atoms with E-state index < -0.39 is 0 Å². The van der Waals surface area contributed by atoms with Crippen molar-refractivity contribution in [1.29, 1.82) is 0 Å². The van der Waals surface area contributed by atoms with E-state index in [1.165, 1.54) is 12.0 Å². The SMILES string of the molecule is C=C1C[C@H]2CC[C@@]1(NC(C)=O)C2(C)C. The second-order valence-corrected chi connectivity index (χ2v) is 5.35. The van der Waals surface area contributed by atoms with Gasteiger partial charge in [0.1, 0.15) is 0 Å². The summed E-state index contributed by atoms with van der Waals surface area (Å²) < 4.78 is 0. The number of carbonyl (C=O) groups is 1. The van der Waals surface area contributed by atoms with Crippen LogP contribution in [0.2, 0.25) is 0 Å². The molecule has 2 fully saturated rings. The van der Waals surface area contributed by atoms with Gasteiger partial charge in [-0.05, 0) is 30.6 Å². The molecule has 2 saturated carbocycles. The topological polar surface area (TPSA) is 29.1 Å². The summed E-state index contributed by atoms with van der Waals surface area (Å²) in [6, 6.07) is 0. The van der Waals surface area contributed by atoms with E-state index in [-0.39, 0.29) is 16.9 Å². The van der Waals surface area contributed by atoms with Gasteiger partial charge in [0.2, 0.25) is 5.91 Å². The van der Waals surface area contributed by atoms with Gasteiger partial charge in [-0.25, -0.2) is 0 Å². The van der Waals surface area contributed by atoms with Gasteiger partial charge in [0.25, 0.3) is 0 Å². The molecule has 0 aromatic rings. The first-order chi connectivity index (χ1) is 6.40. The highest BCUT2D eigenvalue weighted by atomic mass is 16.1. The van der Waals surface area contributed by atoms with Crippen LogP contribution in [0.15, 0.2) is 12.2 Å². The van der Waals surface area contributed by atoms with Crippen molar-refractivity contribution < 1.29 is 4.79 Å². The number of hydrogen-bond acceptors (Lipinski definition) is 1. The number of carbonyl (C=O) groups excluding carboxylic acids is 1. The highest BCUT2D eigenvalue weighted by Gasteiger charge is 2.61. The van der Waals surface area contributed by atoms with Crippen molar-refractivity contribution in [1.82, 2.24) is 5.32 Å². The average molecular weight is 193 g/mol. The summed E-state index contributed by atoms with van der Waals surface area (Å²) in [6.45, 7) is 10.3. The fourth-order valence-corrected chi connectivity index (χ4v) is 3.50. The minimum absolute atomic E-state index is 0.0711. The third kappa shape index (κ3) is 0.943. The summed E-state index contributed by atoms with van der Waals surface area (Å²) in [7, 11) is 0. The maximum Gasteiger partial charge on any atom is 0.217 e. The van der Waals surface area contributed by atoms with Gasteiger partial charge < -0.3 is 5.32 Å². The van der Waals surface area contributed by atoms with Crippen molar-refractivity contribution >= 4 is 5.91 Å². The standard InChI is InChI=1S/C12H19NO/c1-8-7-10-5-6-12(8,11(10,3)4)13-9(2)14/h10H,1,5-7H2,2-4H3,(H,13,14)/t10-,12+/m1/s1. The Kier molecular flexibility index (Phi) is 1.82. The molecule has 2 bridgehead atoms. The first kappa shape index (κ1) is 9.75. The molecule has 0 aromatic carbocycles. The summed E-state index contributed by atoms with van der Waals surface area (Å²) in [6.07, 6.45) is 3.39. The van der Waals surface area contributed by atoms with Gasteiger partial charge in [0.15, 0.2) is 0 Å². The largest absolute Gasteiger partial charge is 0.347 e. The van der Waals surface area contributed by atoms with Crippen LogP contribution in [-0.4, -0.2) is 11.4 Å². The molecule has 2 nitrogen and oxygen atoms in total. The quantitative estimate of drug-likeness (QED) is 0.636. The van der Waals surface area contributed by atoms with Gasteiger partial charge in [-0.15, -0.1) is 0 Å². The minimum atomic E-state index is -0.108. The fraction of sp³-hybridized carbons (Fsp3) is 0.750. The Morgan fingerprint density at radius 1 is 1.57 bits per heavy atom. The monoisotopic (exact) mass is 193 g/mol. The molecule has 2 aliphatic rings. The highest BCUT2D eigenvalue weighted by Crippen LogP contribution is 2.62. The molecule has 0 saturated heterocycles. The second kappa shape index (κ2) is 2.62. The summed E-state index contributed by atoms with van der Waals surface area (Å²) in [5, 5.41) is 3.15. The van der Waals surface area contributed by atoms with Crippen LogP contribution in [0.1, 0.15) is 40.0 Å². The lowest BCUT2D eigenvalue weighted by molar-refractivity contribution is -0.121. The van der Waals surface area contributed by atoms with Crippen LogP contribution in [0.5, 0.6) is 0 Å². The maximum absolute atomic E-state index is 11.3. The van der Waals surface area contributed by atoms with Crippen molar-refractivity contribution in [3.05, 3.63) is 12.2 Å². The zero-order chi connectivity index (χ0) is 10.6. The van der Waals surface area contributed by atoms with Crippen LogP contribution < -0.4 is 5.32 Å². The van der Waals surface area contributed by atoms with Crippen molar-refractivity contribution in [3.8, 4) is 0 Å². The molecule has 2 rings (SSSR count). The van der Waals surface area contributed by atoms with E-state index in [0.29, 0.717) is 5.92 Å². The molecule has 0 unspecified atom stereocenters. The molecule has 1 N–H and O–H groups in total. The Morgan fingerprint density at radius 3 is 2.57 bits per heavy atom. The van der Waals surface area contributed by atoms with E-state index in [1.807, 2.05) is 0 Å². The molecule has 78 valence electrons. The molecule has 0 spiro atoms.